The molecule has 0 amide bonds. The molecule has 0 bridgehead atoms. The quantitative estimate of drug-likeness (QED) is 0.501. The summed E-state index contributed by atoms with van der Waals surface area (Å²) in [4.78, 5) is 0. The summed E-state index contributed by atoms with van der Waals surface area (Å²) in [7, 11) is 1.85. The smallest absolute Gasteiger partial charge is 0.401 e. The van der Waals surface area contributed by atoms with Gasteiger partial charge in [-0.3, -0.25) is 0 Å². The van der Waals surface area contributed by atoms with Gasteiger partial charge in [-0.15, -0.1) is 5.10 Å². The number of nitrogens with one attached hydrogen (secondary N) is 2. The van der Waals surface area contributed by atoms with Gasteiger partial charge >= 0.3 is 5.95 Å². The van der Waals surface area contributed by atoms with Gasteiger partial charge in [0.25, 0.3) is 0 Å². The molecule has 0 saturated carbocycles. The zero-order valence-electron chi connectivity index (χ0n) is 14.3. The van der Waals surface area contributed by atoms with Gasteiger partial charge in [0.15, 0.2) is 0 Å². The topological polar surface area (TPSA) is 78.5 Å². The first-order valence-corrected chi connectivity index (χ1v) is 8.15. The average Bonchev–Trinajstić information content (AvgIpc) is 3.05. The van der Waals surface area contributed by atoms with Crippen LogP contribution >= 0.6 is 0 Å². The molecule has 0 fully saturated rings. The van der Waals surface area contributed by atoms with E-state index in [2.05, 4.69) is 32.7 Å². The Labute approximate surface area is 146 Å². The van der Waals surface area contributed by atoms with Gasteiger partial charge < -0.3 is 10.1 Å². The van der Waals surface area contributed by atoms with Gasteiger partial charge in [-0.05, 0) is 60.1 Å². The maximum absolute atomic E-state index is 5.58. The predicted molar refractivity (Wildman–Crippen MR) is 95.9 cm³/mol. The molecule has 0 unspecified atom stereocenters. The highest BCUT2D eigenvalue weighted by Crippen LogP contribution is 2.23. The van der Waals surface area contributed by atoms with Gasteiger partial charge in [0.05, 0.1) is 19.3 Å². The molecule has 3 aromatic rings. The van der Waals surface area contributed by atoms with Crippen LogP contribution in [-0.2, 0) is 7.05 Å². The van der Waals surface area contributed by atoms with E-state index in [0.717, 1.165) is 35.8 Å². The monoisotopic (exact) mass is 337 g/mol. The minimum atomic E-state index is 0.590. The van der Waals surface area contributed by atoms with Crippen LogP contribution in [0.15, 0.2) is 65.1 Å². The molecule has 1 aromatic heterocycles. The number of ether oxygens (including phenoxy) is 1. The standard InChI is InChI=1S/C18H20N6O/c1-3-12-25-17-10-8-15(9-11-17)20-14-4-6-16(7-5-14)21-23-18-22-19-13-24(18)2/h4-11,13H,3,12H2,1-2H3,(H,20,22,23)/p+1. The van der Waals surface area contributed by atoms with Crippen LogP contribution in [0.4, 0.5) is 23.0 Å². The lowest BCUT2D eigenvalue weighted by Crippen LogP contribution is -2.24. The third-order valence-corrected chi connectivity index (χ3v) is 3.47. The molecule has 7 heteroatoms. The lowest BCUT2D eigenvalue weighted by atomic mass is 10.2. The van der Waals surface area contributed by atoms with E-state index < -0.39 is 0 Å². The number of hydrogen-bond donors (Lipinski definition) is 2. The summed E-state index contributed by atoms with van der Waals surface area (Å²) < 4.78 is 7.34. The Morgan fingerprint density at radius 1 is 1.04 bits per heavy atom. The number of benzene rings is 2. The van der Waals surface area contributed by atoms with E-state index in [-0.39, 0.29) is 0 Å². The molecular formula is C18H21N6O+. The first-order chi connectivity index (χ1) is 12.2. The van der Waals surface area contributed by atoms with Crippen molar-refractivity contribution in [2.24, 2.45) is 17.3 Å². The van der Waals surface area contributed by atoms with E-state index in [1.807, 2.05) is 55.6 Å². The second-order valence-corrected chi connectivity index (χ2v) is 5.54. The second kappa shape index (κ2) is 8.05. The highest BCUT2D eigenvalue weighted by atomic mass is 16.5. The molecule has 7 nitrogen and oxygen atoms in total. The minimum absolute atomic E-state index is 0.590. The van der Waals surface area contributed by atoms with Crippen LogP contribution in [0, 0.1) is 0 Å². The third kappa shape index (κ3) is 4.63. The van der Waals surface area contributed by atoms with Crippen LogP contribution in [0.5, 0.6) is 5.75 Å². The van der Waals surface area contributed by atoms with Crippen molar-refractivity contribution in [3.05, 3.63) is 54.9 Å². The summed E-state index contributed by atoms with van der Waals surface area (Å²) in [6, 6.07) is 15.6. The van der Waals surface area contributed by atoms with E-state index in [0.29, 0.717) is 5.95 Å². The SMILES string of the molecule is CCCOc1ccc(Nc2ccc(N=Nc3[nH]nc[n+]3C)cc2)cc1. The van der Waals surface area contributed by atoms with Crippen molar-refractivity contribution in [2.75, 3.05) is 11.9 Å². The number of azo groups is 1. The molecule has 0 radical (unpaired) electrons. The number of rotatable bonds is 7. The highest BCUT2D eigenvalue weighted by molar-refractivity contribution is 5.62. The van der Waals surface area contributed by atoms with E-state index in [1.165, 1.54) is 0 Å². The van der Waals surface area contributed by atoms with Crippen molar-refractivity contribution in [3.63, 3.8) is 0 Å². The number of aryl methyl sites for hydroxylation is 1. The van der Waals surface area contributed by atoms with Gasteiger partial charge in [-0.2, -0.15) is 0 Å². The summed E-state index contributed by atoms with van der Waals surface area (Å²) in [6.45, 7) is 2.83. The fourth-order valence-electron chi connectivity index (χ4n) is 2.14. The second-order valence-electron chi connectivity index (χ2n) is 5.54. The van der Waals surface area contributed by atoms with Gasteiger partial charge in [0.2, 0.25) is 6.33 Å². The zero-order valence-corrected chi connectivity index (χ0v) is 14.3. The molecule has 1 heterocycles. The zero-order chi connectivity index (χ0) is 17.5. The lowest BCUT2D eigenvalue weighted by Gasteiger charge is -2.08. The Morgan fingerprint density at radius 3 is 2.32 bits per heavy atom. The Morgan fingerprint density at radius 2 is 1.72 bits per heavy atom. The number of nitrogens with zero attached hydrogens (tertiary/aromatic N) is 4. The normalized spacial score (nSPS) is 11.0. The number of anilines is 2. The van der Waals surface area contributed by atoms with Gasteiger partial charge in [0.1, 0.15) is 5.75 Å². The molecule has 128 valence electrons. The van der Waals surface area contributed by atoms with Gasteiger partial charge in [0, 0.05) is 16.5 Å². The third-order valence-electron chi connectivity index (χ3n) is 3.47. The minimum Gasteiger partial charge on any atom is -0.494 e. The van der Waals surface area contributed by atoms with Crippen molar-refractivity contribution in [1.29, 1.82) is 0 Å². The van der Waals surface area contributed by atoms with Crippen LogP contribution in [0.25, 0.3) is 0 Å². The summed E-state index contributed by atoms with van der Waals surface area (Å²) in [5.41, 5.74) is 2.75. The van der Waals surface area contributed by atoms with Crippen molar-refractivity contribution in [1.82, 2.24) is 10.2 Å². The summed E-state index contributed by atoms with van der Waals surface area (Å²) in [5, 5.41) is 18.3. The molecule has 25 heavy (non-hydrogen) atoms. The van der Waals surface area contributed by atoms with Crippen molar-refractivity contribution < 1.29 is 9.30 Å². The van der Waals surface area contributed by atoms with E-state index in [1.54, 1.807) is 10.9 Å². The number of aromatic amines is 1. The van der Waals surface area contributed by atoms with E-state index >= 15 is 0 Å². The summed E-state index contributed by atoms with van der Waals surface area (Å²) >= 11 is 0. The molecule has 0 atom stereocenters. The van der Waals surface area contributed by atoms with Gasteiger partial charge in [-0.25, -0.2) is 4.57 Å². The predicted octanol–water partition coefficient (Wildman–Crippen LogP) is 4.18. The Kier molecular flexibility index (Phi) is 5.36. The maximum atomic E-state index is 5.58. The largest absolute Gasteiger partial charge is 0.494 e. The Balaban J connectivity index is 1.60. The fourth-order valence-corrected chi connectivity index (χ4v) is 2.14. The van der Waals surface area contributed by atoms with E-state index in [4.69, 9.17) is 4.74 Å². The van der Waals surface area contributed by atoms with Crippen LogP contribution in [0.2, 0.25) is 0 Å². The molecule has 2 N–H and O–H groups in total. The van der Waals surface area contributed by atoms with E-state index in [9.17, 15) is 0 Å². The molecule has 0 spiro atoms. The Bertz CT molecular complexity index is 824. The molecule has 0 aliphatic carbocycles. The maximum Gasteiger partial charge on any atom is 0.401 e. The summed E-state index contributed by atoms with van der Waals surface area (Å²) in [6.07, 6.45) is 2.64. The Hall–Kier alpha value is -3.22. The van der Waals surface area contributed by atoms with Crippen molar-refractivity contribution in [3.8, 4) is 5.75 Å². The number of aromatic nitrogens is 3. The van der Waals surface area contributed by atoms with Crippen LogP contribution in [-0.4, -0.2) is 16.8 Å². The van der Waals surface area contributed by atoms with Crippen molar-refractivity contribution >= 4 is 23.0 Å². The molecule has 0 aliphatic heterocycles. The lowest BCUT2D eigenvalue weighted by molar-refractivity contribution is -0.658. The highest BCUT2D eigenvalue weighted by Gasteiger charge is 2.05. The molecule has 0 saturated heterocycles. The molecule has 0 aliphatic rings. The van der Waals surface area contributed by atoms with Crippen LogP contribution in [0.3, 0.4) is 0 Å². The van der Waals surface area contributed by atoms with Crippen LogP contribution < -0.4 is 14.6 Å². The molecule has 3 rings (SSSR count). The molecule has 2 aromatic carbocycles. The average molecular weight is 337 g/mol. The number of hydrogen-bond acceptors (Lipinski definition) is 5. The number of H-pyrrole nitrogens is 1. The fraction of sp³-hybridized carbons (Fsp3) is 0.222. The summed E-state index contributed by atoms with van der Waals surface area (Å²) in [5.74, 6) is 1.47. The van der Waals surface area contributed by atoms with Crippen LogP contribution in [0.1, 0.15) is 13.3 Å². The first kappa shape index (κ1) is 16.6. The van der Waals surface area contributed by atoms with Gasteiger partial charge in [-0.1, -0.05) is 12.0 Å². The van der Waals surface area contributed by atoms with Crippen molar-refractivity contribution in [2.45, 2.75) is 13.3 Å². The molecular weight excluding hydrogens is 316 g/mol. The first-order valence-electron chi connectivity index (χ1n) is 8.15.